The molecule has 1 heterocycles. The first kappa shape index (κ1) is 15.7. The van der Waals surface area contributed by atoms with Crippen molar-refractivity contribution in [2.45, 2.75) is 46.2 Å². The average Bonchev–Trinajstić information content (AvgIpc) is 2.58. The minimum absolute atomic E-state index is 0.0245. The first-order chi connectivity index (χ1) is 8.61. The monoisotopic (exact) mass is 266 g/mol. The molecule has 1 atom stereocenters. The molecule has 5 heteroatoms. The van der Waals surface area contributed by atoms with Crippen LogP contribution in [0.3, 0.4) is 0 Å². The van der Waals surface area contributed by atoms with Crippen LogP contribution in [-0.4, -0.2) is 41.2 Å². The second-order valence-corrected chi connectivity index (χ2v) is 6.31. The fourth-order valence-corrected chi connectivity index (χ4v) is 1.89. The second-order valence-electron chi connectivity index (χ2n) is 6.31. The number of carbonyl (C=O) groups is 1. The maximum Gasteiger partial charge on any atom is 0.234 e. The number of likely N-dealkylation sites (N-methyl/N-ethyl adjacent to an activating group) is 1. The summed E-state index contributed by atoms with van der Waals surface area (Å²) < 4.78 is 1.95. The molecule has 1 rings (SSSR count). The Morgan fingerprint density at radius 3 is 2.47 bits per heavy atom. The summed E-state index contributed by atoms with van der Waals surface area (Å²) >= 11 is 0. The standard InChI is InChI=1S/C14H26N4O/c1-10(15-13(19)9-17(6)7)12-8-18(14(3,4)5)16-11(12)2/h8,10H,9H2,1-7H3,(H,15,19). The van der Waals surface area contributed by atoms with E-state index in [4.69, 9.17) is 0 Å². The molecular weight excluding hydrogens is 240 g/mol. The fraction of sp³-hybridized carbons (Fsp3) is 0.714. The number of nitrogens with zero attached hydrogens (tertiary/aromatic N) is 3. The molecule has 0 saturated carbocycles. The van der Waals surface area contributed by atoms with Crippen LogP contribution in [0.2, 0.25) is 0 Å². The van der Waals surface area contributed by atoms with Gasteiger partial charge in [-0.1, -0.05) is 0 Å². The average molecular weight is 266 g/mol. The first-order valence-corrected chi connectivity index (χ1v) is 6.62. The molecule has 0 radical (unpaired) electrons. The molecule has 0 spiro atoms. The molecule has 0 aliphatic heterocycles. The lowest BCUT2D eigenvalue weighted by Crippen LogP contribution is -2.35. The summed E-state index contributed by atoms with van der Waals surface area (Å²) in [6.07, 6.45) is 2.02. The lowest BCUT2D eigenvalue weighted by Gasteiger charge is -2.19. The van der Waals surface area contributed by atoms with E-state index in [1.54, 1.807) is 0 Å². The van der Waals surface area contributed by atoms with E-state index in [0.29, 0.717) is 6.54 Å². The van der Waals surface area contributed by atoms with Crippen molar-refractivity contribution in [2.75, 3.05) is 20.6 Å². The summed E-state index contributed by atoms with van der Waals surface area (Å²) in [6, 6.07) is -0.0245. The summed E-state index contributed by atoms with van der Waals surface area (Å²) in [4.78, 5) is 13.6. The Hall–Kier alpha value is -1.36. The van der Waals surface area contributed by atoms with E-state index in [1.807, 2.05) is 43.7 Å². The van der Waals surface area contributed by atoms with E-state index in [9.17, 15) is 4.79 Å². The van der Waals surface area contributed by atoms with E-state index < -0.39 is 0 Å². The van der Waals surface area contributed by atoms with Gasteiger partial charge in [0.15, 0.2) is 0 Å². The van der Waals surface area contributed by atoms with Crippen LogP contribution in [0.5, 0.6) is 0 Å². The van der Waals surface area contributed by atoms with Gasteiger partial charge in [-0.25, -0.2) is 0 Å². The number of hydrogen-bond acceptors (Lipinski definition) is 3. The van der Waals surface area contributed by atoms with Crippen LogP contribution in [-0.2, 0) is 10.3 Å². The largest absolute Gasteiger partial charge is 0.348 e. The number of aromatic nitrogens is 2. The van der Waals surface area contributed by atoms with Crippen molar-refractivity contribution >= 4 is 5.91 Å². The van der Waals surface area contributed by atoms with Crippen LogP contribution < -0.4 is 5.32 Å². The molecule has 1 unspecified atom stereocenters. The molecule has 1 amide bonds. The summed E-state index contributed by atoms with van der Waals surface area (Å²) in [5.74, 6) is 0.0282. The van der Waals surface area contributed by atoms with Crippen LogP contribution in [0.15, 0.2) is 6.20 Å². The normalized spacial score (nSPS) is 13.7. The summed E-state index contributed by atoms with van der Waals surface area (Å²) in [6.45, 7) is 10.7. The number of aryl methyl sites for hydroxylation is 1. The van der Waals surface area contributed by atoms with Crippen molar-refractivity contribution in [1.29, 1.82) is 0 Å². The third-order valence-electron chi connectivity index (χ3n) is 2.93. The molecule has 0 aliphatic carbocycles. The van der Waals surface area contributed by atoms with Crippen LogP contribution in [0, 0.1) is 6.92 Å². The molecule has 0 fully saturated rings. The van der Waals surface area contributed by atoms with Crippen LogP contribution in [0.1, 0.15) is 45.0 Å². The molecule has 0 aliphatic rings. The Morgan fingerprint density at radius 1 is 1.47 bits per heavy atom. The van der Waals surface area contributed by atoms with Gasteiger partial charge in [-0.2, -0.15) is 5.10 Å². The third kappa shape index (κ3) is 4.35. The summed E-state index contributed by atoms with van der Waals surface area (Å²) in [5, 5.41) is 7.53. The van der Waals surface area contributed by atoms with E-state index in [1.165, 1.54) is 0 Å². The Morgan fingerprint density at radius 2 is 2.05 bits per heavy atom. The molecule has 0 aromatic carbocycles. The van der Waals surface area contributed by atoms with Gasteiger partial charge < -0.3 is 10.2 Å². The van der Waals surface area contributed by atoms with Crippen molar-refractivity contribution in [3.05, 3.63) is 17.5 Å². The van der Waals surface area contributed by atoms with Gasteiger partial charge >= 0.3 is 0 Å². The van der Waals surface area contributed by atoms with Crippen LogP contribution in [0.4, 0.5) is 0 Å². The van der Waals surface area contributed by atoms with E-state index in [2.05, 4.69) is 31.2 Å². The van der Waals surface area contributed by atoms with Crippen molar-refractivity contribution in [3.63, 3.8) is 0 Å². The van der Waals surface area contributed by atoms with Gasteiger partial charge in [-0.15, -0.1) is 0 Å². The highest BCUT2D eigenvalue weighted by Crippen LogP contribution is 2.20. The Kier molecular flexibility index (Phi) is 4.74. The van der Waals surface area contributed by atoms with Crippen LogP contribution in [0.25, 0.3) is 0 Å². The van der Waals surface area contributed by atoms with Gasteiger partial charge in [0.25, 0.3) is 0 Å². The zero-order valence-corrected chi connectivity index (χ0v) is 13.1. The number of hydrogen-bond donors (Lipinski definition) is 1. The highest BCUT2D eigenvalue weighted by atomic mass is 16.2. The summed E-state index contributed by atoms with van der Waals surface area (Å²) in [5.41, 5.74) is 1.99. The predicted octanol–water partition coefficient (Wildman–Crippen LogP) is 1.69. The molecular formula is C14H26N4O. The van der Waals surface area contributed by atoms with E-state index in [-0.39, 0.29) is 17.5 Å². The molecule has 5 nitrogen and oxygen atoms in total. The molecule has 19 heavy (non-hydrogen) atoms. The van der Waals surface area contributed by atoms with Gasteiger partial charge in [0.1, 0.15) is 0 Å². The van der Waals surface area contributed by atoms with Crippen molar-refractivity contribution in [3.8, 4) is 0 Å². The Bertz CT molecular complexity index is 443. The molecule has 1 N–H and O–H groups in total. The first-order valence-electron chi connectivity index (χ1n) is 6.62. The highest BCUT2D eigenvalue weighted by molar-refractivity contribution is 5.78. The van der Waals surface area contributed by atoms with Crippen molar-refractivity contribution in [2.24, 2.45) is 0 Å². The van der Waals surface area contributed by atoms with Crippen molar-refractivity contribution < 1.29 is 4.79 Å². The highest BCUT2D eigenvalue weighted by Gasteiger charge is 2.20. The Balaban J connectivity index is 2.80. The number of rotatable bonds is 4. The van der Waals surface area contributed by atoms with Gasteiger partial charge in [-0.3, -0.25) is 9.48 Å². The minimum Gasteiger partial charge on any atom is -0.348 e. The van der Waals surface area contributed by atoms with Gasteiger partial charge in [0.2, 0.25) is 5.91 Å². The second kappa shape index (κ2) is 5.74. The van der Waals surface area contributed by atoms with Gasteiger partial charge in [0, 0.05) is 11.8 Å². The maximum absolute atomic E-state index is 11.8. The third-order valence-corrected chi connectivity index (χ3v) is 2.93. The zero-order chi connectivity index (χ0) is 14.8. The smallest absolute Gasteiger partial charge is 0.234 e. The van der Waals surface area contributed by atoms with E-state index in [0.717, 1.165) is 11.3 Å². The topological polar surface area (TPSA) is 50.2 Å². The van der Waals surface area contributed by atoms with Gasteiger partial charge in [0.05, 0.1) is 23.8 Å². The molecule has 0 bridgehead atoms. The predicted molar refractivity (Wildman–Crippen MR) is 77.1 cm³/mol. The number of carbonyl (C=O) groups excluding carboxylic acids is 1. The summed E-state index contributed by atoms with van der Waals surface area (Å²) in [7, 11) is 3.76. The zero-order valence-electron chi connectivity index (χ0n) is 13.1. The minimum atomic E-state index is -0.0453. The molecule has 1 aromatic heterocycles. The molecule has 1 aromatic rings. The lowest BCUT2D eigenvalue weighted by atomic mass is 10.1. The fourth-order valence-electron chi connectivity index (χ4n) is 1.89. The number of amides is 1. The van der Waals surface area contributed by atoms with Crippen LogP contribution >= 0.6 is 0 Å². The molecule has 108 valence electrons. The SMILES string of the molecule is Cc1nn(C(C)(C)C)cc1C(C)NC(=O)CN(C)C. The number of nitrogens with one attached hydrogen (secondary N) is 1. The van der Waals surface area contributed by atoms with E-state index >= 15 is 0 Å². The Labute approximate surface area is 116 Å². The van der Waals surface area contributed by atoms with Gasteiger partial charge in [-0.05, 0) is 48.7 Å². The van der Waals surface area contributed by atoms with Crippen molar-refractivity contribution in [1.82, 2.24) is 20.0 Å². The molecule has 0 saturated heterocycles. The maximum atomic E-state index is 11.8. The quantitative estimate of drug-likeness (QED) is 0.902. The lowest BCUT2D eigenvalue weighted by molar-refractivity contribution is -0.122.